The molecule has 0 fully saturated rings. The van der Waals surface area contributed by atoms with Gasteiger partial charge >= 0.3 is 0 Å². The van der Waals surface area contributed by atoms with Crippen LogP contribution in [0.15, 0.2) is 6.20 Å². The van der Waals surface area contributed by atoms with E-state index in [2.05, 4.69) is 9.72 Å². The SMILES string of the molecule is COc1c(C(F)F)cnc(C=O)c1O. The number of methoxy groups -OCH3 is 1. The molecule has 0 radical (unpaired) electrons. The van der Waals surface area contributed by atoms with Gasteiger partial charge in [-0.2, -0.15) is 0 Å². The van der Waals surface area contributed by atoms with Gasteiger partial charge in [0.15, 0.2) is 17.8 Å². The van der Waals surface area contributed by atoms with Crippen molar-refractivity contribution in [1.82, 2.24) is 4.98 Å². The number of aldehydes is 1. The molecule has 0 unspecified atom stereocenters. The fourth-order valence-corrected chi connectivity index (χ4v) is 0.968. The van der Waals surface area contributed by atoms with E-state index in [1.165, 1.54) is 0 Å². The molecule has 6 heteroatoms. The Labute approximate surface area is 78.1 Å². The second-order valence-corrected chi connectivity index (χ2v) is 2.40. The van der Waals surface area contributed by atoms with E-state index in [9.17, 15) is 18.7 Å². The minimum atomic E-state index is -2.82. The van der Waals surface area contributed by atoms with Gasteiger partial charge in [0, 0.05) is 6.20 Å². The molecule has 1 rings (SSSR count). The number of hydrogen-bond acceptors (Lipinski definition) is 4. The quantitative estimate of drug-likeness (QED) is 0.757. The highest BCUT2D eigenvalue weighted by Gasteiger charge is 2.20. The van der Waals surface area contributed by atoms with Crippen LogP contribution >= 0.6 is 0 Å². The van der Waals surface area contributed by atoms with Crippen molar-refractivity contribution < 1.29 is 23.4 Å². The summed E-state index contributed by atoms with van der Waals surface area (Å²) >= 11 is 0. The highest BCUT2D eigenvalue weighted by Crippen LogP contribution is 2.36. The third kappa shape index (κ3) is 1.63. The second kappa shape index (κ2) is 3.99. The van der Waals surface area contributed by atoms with Crippen LogP contribution in [0.25, 0.3) is 0 Å². The summed E-state index contributed by atoms with van der Waals surface area (Å²) in [7, 11) is 1.12. The fourth-order valence-electron chi connectivity index (χ4n) is 0.968. The topological polar surface area (TPSA) is 59.4 Å². The van der Waals surface area contributed by atoms with Gasteiger partial charge in [0.05, 0.1) is 12.7 Å². The largest absolute Gasteiger partial charge is 0.503 e. The van der Waals surface area contributed by atoms with E-state index in [0.29, 0.717) is 0 Å². The molecular weight excluding hydrogens is 196 g/mol. The van der Waals surface area contributed by atoms with Gasteiger partial charge in [-0.3, -0.25) is 4.79 Å². The number of rotatable bonds is 3. The first-order valence-electron chi connectivity index (χ1n) is 3.61. The molecule has 0 aliphatic carbocycles. The van der Waals surface area contributed by atoms with Crippen molar-refractivity contribution in [3.8, 4) is 11.5 Å². The zero-order valence-corrected chi connectivity index (χ0v) is 7.20. The zero-order valence-electron chi connectivity index (χ0n) is 7.20. The van der Waals surface area contributed by atoms with Crippen LogP contribution in [0.3, 0.4) is 0 Å². The van der Waals surface area contributed by atoms with Gasteiger partial charge in [0.1, 0.15) is 5.69 Å². The van der Waals surface area contributed by atoms with E-state index in [1.54, 1.807) is 0 Å². The Hall–Kier alpha value is -1.72. The van der Waals surface area contributed by atoms with Crippen LogP contribution < -0.4 is 4.74 Å². The smallest absolute Gasteiger partial charge is 0.269 e. The Balaban J connectivity index is 3.35. The van der Waals surface area contributed by atoms with Crippen molar-refractivity contribution >= 4 is 6.29 Å². The number of nitrogens with zero attached hydrogens (tertiary/aromatic N) is 1. The standard InChI is InChI=1S/C8H7F2NO3/c1-14-7-4(8(9)10)2-11-5(3-12)6(7)13/h2-3,8,13H,1H3. The summed E-state index contributed by atoms with van der Waals surface area (Å²) in [5.74, 6) is -1.09. The van der Waals surface area contributed by atoms with Gasteiger partial charge in [0.2, 0.25) is 0 Å². The van der Waals surface area contributed by atoms with Gasteiger partial charge in [-0.15, -0.1) is 0 Å². The Kier molecular flexibility index (Phi) is 2.95. The lowest BCUT2D eigenvalue weighted by molar-refractivity contribution is 0.111. The maximum absolute atomic E-state index is 12.3. The first-order valence-corrected chi connectivity index (χ1v) is 3.61. The van der Waals surface area contributed by atoms with E-state index >= 15 is 0 Å². The molecule has 0 spiro atoms. The number of carbonyl (C=O) groups excluding carboxylic acids is 1. The molecule has 0 amide bonds. The maximum atomic E-state index is 12.3. The van der Waals surface area contributed by atoms with E-state index < -0.39 is 23.5 Å². The number of alkyl halides is 2. The summed E-state index contributed by atoms with van der Waals surface area (Å²) in [5, 5.41) is 9.27. The van der Waals surface area contributed by atoms with Gasteiger partial charge in [-0.1, -0.05) is 0 Å². The van der Waals surface area contributed by atoms with Crippen LogP contribution in [0, 0.1) is 0 Å². The first kappa shape index (κ1) is 10.4. The van der Waals surface area contributed by atoms with Crippen LogP contribution in [0.4, 0.5) is 8.78 Å². The van der Waals surface area contributed by atoms with Crippen LogP contribution in [0.1, 0.15) is 22.5 Å². The fraction of sp³-hybridized carbons (Fsp3) is 0.250. The highest BCUT2D eigenvalue weighted by atomic mass is 19.3. The Morgan fingerprint density at radius 1 is 1.64 bits per heavy atom. The van der Waals surface area contributed by atoms with Gasteiger partial charge < -0.3 is 9.84 Å². The summed E-state index contributed by atoms with van der Waals surface area (Å²) in [4.78, 5) is 13.7. The molecule has 0 bridgehead atoms. The molecule has 1 N–H and O–H groups in total. The number of ether oxygens (including phenoxy) is 1. The summed E-state index contributed by atoms with van der Waals surface area (Å²) in [5.41, 5.74) is -0.873. The monoisotopic (exact) mass is 203 g/mol. The molecule has 0 saturated heterocycles. The maximum Gasteiger partial charge on any atom is 0.269 e. The molecule has 0 atom stereocenters. The minimum Gasteiger partial charge on any atom is -0.503 e. The molecule has 0 saturated carbocycles. The predicted molar refractivity (Wildman–Crippen MR) is 42.8 cm³/mol. The average molecular weight is 203 g/mol. The second-order valence-electron chi connectivity index (χ2n) is 2.40. The van der Waals surface area contributed by atoms with Crippen LogP contribution in [0.5, 0.6) is 11.5 Å². The number of pyridine rings is 1. The highest BCUT2D eigenvalue weighted by molar-refractivity contribution is 5.78. The van der Waals surface area contributed by atoms with Crippen LogP contribution in [0.2, 0.25) is 0 Å². The van der Waals surface area contributed by atoms with Gasteiger partial charge in [-0.25, -0.2) is 13.8 Å². The number of aromatic nitrogens is 1. The zero-order chi connectivity index (χ0) is 10.7. The van der Waals surface area contributed by atoms with Crippen molar-refractivity contribution in [2.75, 3.05) is 7.11 Å². The molecule has 1 aromatic rings. The summed E-state index contributed by atoms with van der Waals surface area (Å²) in [6.07, 6.45) is -1.76. The number of hydrogen-bond donors (Lipinski definition) is 1. The van der Waals surface area contributed by atoms with E-state index in [0.717, 1.165) is 13.3 Å². The molecular formula is C8H7F2NO3. The van der Waals surface area contributed by atoms with Crippen LogP contribution in [-0.4, -0.2) is 23.5 Å². The van der Waals surface area contributed by atoms with Gasteiger partial charge in [0.25, 0.3) is 6.43 Å². The lowest BCUT2D eigenvalue weighted by atomic mass is 10.2. The summed E-state index contributed by atoms with van der Waals surface area (Å²) in [6.45, 7) is 0. The van der Waals surface area contributed by atoms with Crippen molar-refractivity contribution in [2.24, 2.45) is 0 Å². The normalized spacial score (nSPS) is 10.3. The molecule has 76 valence electrons. The van der Waals surface area contributed by atoms with E-state index in [-0.39, 0.29) is 12.0 Å². The Morgan fingerprint density at radius 3 is 2.71 bits per heavy atom. The van der Waals surface area contributed by atoms with Crippen molar-refractivity contribution in [1.29, 1.82) is 0 Å². The number of halogens is 2. The van der Waals surface area contributed by atoms with Crippen molar-refractivity contribution in [3.05, 3.63) is 17.5 Å². The molecule has 0 aliphatic heterocycles. The Bertz CT molecular complexity index is 355. The van der Waals surface area contributed by atoms with E-state index in [1.807, 2.05) is 0 Å². The third-order valence-electron chi connectivity index (χ3n) is 1.61. The molecule has 1 aromatic heterocycles. The minimum absolute atomic E-state index is 0.257. The molecule has 1 heterocycles. The lowest BCUT2D eigenvalue weighted by Crippen LogP contribution is -1.98. The van der Waals surface area contributed by atoms with Gasteiger partial charge in [-0.05, 0) is 0 Å². The van der Waals surface area contributed by atoms with Crippen molar-refractivity contribution in [2.45, 2.75) is 6.43 Å². The number of aromatic hydroxyl groups is 1. The van der Waals surface area contributed by atoms with Crippen molar-refractivity contribution in [3.63, 3.8) is 0 Å². The first-order chi connectivity index (χ1) is 6.61. The van der Waals surface area contributed by atoms with Crippen LogP contribution in [-0.2, 0) is 0 Å². The summed E-state index contributed by atoms with van der Waals surface area (Å²) < 4.78 is 29.2. The molecule has 4 nitrogen and oxygen atoms in total. The Morgan fingerprint density at radius 2 is 2.29 bits per heavy atom. The predicted octanol–water partition coefficient (Wildman–Crippen LogP) is 1.55. The molecule has 14 heavy (non-hydrogen) atoms. The lowest BCUT2D eigenvalue weighted by Gasteiger charge is -2.09. The third-order valence-corrected chi connectivity index (χ3v) is 1.61. The number of carbonyl (C=O) groups is 1. The summed E-state index contributed by atoms with van der Waals surface area (Å²) in [6, 6.07) is 0. The molecule has 0 aliphatic rings. The molecule has 0 aromatic carbocycles. The average Bonchev–Trinajstić information content (AvgIpc) is 2.17. The van der Waals surface area contributed by atoms with E-state index in [4.69, 9.17) is 0 Å².